The number of nitrogens with zero attached hydrogens (tertiary/aromatic N) is 4. The highest BCUT2D eigenvalue weighted by Gasteiger charge is 2.26. The van der Waals surface area contributed by atoms with Crippen LogP contribution in [0.15, 0.2) is 10.9 Å². The lowest BCUT2D eigenvalue weighted by atomic mass is 9.82. The lowest BCUT2D eigenvalue weighted by Gasteiger charge is -2.25. The maximum atomic E-state index is 12.4. The molecule has 0 aromatic carbocycles. The fourth-order valence-electron chi connectivity index (χ4n) is 2.57. The van der Waals surface area contributed by atoms with Crippen molar-refractivity contribution < 1.29 is 13.3 Å². The molecule has 0 saturated heterocycles. The Kier molecular flexibility index (Phi) is 3.27. The van der Waals surface area contributed by atoms with Gasteiger partial charge in [-0.05, 0) is 24.7 Å². The van der Waals surface area contributed by atoms with Crippen LogP contribution in [0.2, 0.25) is 0 Å². The van der Waals surface area contributed by atoms with Crippen molar-refractivity contribution in [1.29, 1.82) is 0 Å². The normalized spacial score (nSPS) is 22.2. The average molecular weight is 282 g/mol. The zero-order chi connectivity index (χ0) is 14.3. The Balaban J connectivity index is 1.81. The van der Waals surface area contributed by atoms with Crippen LogP contribution in [-0.2, 0) is 19.4 Å². The molecule has 7 heteroatoms. The summed E-state index contributed by atoms with van der Waals surface area (Å²) in [4.78, 5) is 8.10. The first-order chi connectivity index (χ1) is 9.54. The fraction of sp³-hybridized carbons (Fsp3) is 0.615. The first-order valence-electron chi connectivity index (χ1n) is 6.68. The largest absolute Gasteiger partial charge is 0.337 e. The summed E-state index contributed by atoms with van der Waals surface area (Å²) >= 11 is 0. The SMILES string of the molecule is CC1Cc2ncn(Cc3nc(C(F)F)no3)c2CC1C. The first-order valence-corrected chi connectivity index (χ1v) is 6.68. The van der Waals surface area contributed by atoms with E-state index in [1.54, 1.807) is 6.33 Å². The summed E-state index contributed by atoms with van der Waals surface area (Å²) in [6, 6.07) is 0. The number of rotatable bonds is 3. The number of aromatic nitrogens is 4. The lowest BCUT2D eigenvalue weighted by molar-refractivity contribution is 0.136. The Bertz CT molecular complexity index is 607. The molecule has 2 aromatic heterocycles. The van der Waals surface area contributed by atoms with Crippen LogP contribution in [0.5, 0.6) is 0 Å². The van der Waals surface area contributed by atoms with Crippen LogP contribution in [-0.4, -0.2) is 19.7 Å². The van der Waals surface area contributed by atoms with Crippen molar-refractivity contribution in [2.24, 2.45) is 11.8 Å². The molecular formula is C13H16F2N4O. The molecule has 2 heterocycles. The summed E-state index contributed by atoms with van der Waals surface area (Å²) < 4.78 is 31.6. The molecule has 0 spiro atoms. The molecule has 108 valence electrons. The van der Waals surface area contributed by atoms with Gasteiger partial charge in [-0.25, -0.2) is 13.8 Å². The predicted octanol–water partition coefficient (Wildman–Crippen LogP) is 2.62. The molecule has 2 unspecified atom stereocenters. The maximum absolute atomic E-state index is 12.4. The van der Waals surface area contributed by atoms with Gasteiger partial charge in [0.2, 0.25) is 11.7 Å². The number of alkyl halides is 2. The molecule has 0 aliphatic heterocycles. The minimum atomic E-state index is -2.70. The number of hydrogen-bond donors (Lipinski definition) is 0. The van der Waals surface area contributed by atoms with E-state index in [1.807, 2.05) is 4.57 Å². The molecule has 2 atom stereocenters. The van der Waals surface area contributed by atoms with Crippen molar-refractivity contribution in [2.45, 2.75) is 39.7 Å². The van der Waals surface area contributed by atoms with Crippen LogP contribution in [0, 0.1) is 11.8 Å². The zero-order valence-electron chi connectivity index (χ0n) is 11.4. The second kappa shape index (κ2) is 4.96. The van der Waals surface area contributed by atoms with Crippen LogP contribution in [0.1, 0.15) is 43.4 Å². The third-order valence-electron chi connectivity index (χ3n) is 4.02. The molecule has 0 N–H and O–H groups in total. The first kappa shape index (κ1) is 13.2. The van der Waals surface area contributed by atoms with E-state index in [9.17, 15) is 8.78 Å². The Labute approximate surface area is 115 Å². The van der Waals surface area contributed by atoms with Crippen molar-refractivity contribution in [3.05, 3.63) is 29.4 Å². The van der Waals surface area contributed by atoms with Crippen LogP contribution < -0.4 is 0 Å². The Hall–Kier alpha value is -1.79. The number of imidazole rings is 1. The summed E-state index contributed by atoms with van der Waals surface area (Å²) in [7, 11) is 0. The quantitative estimate of drug-likeness (QED) is 0.868. The highest BCUT2D eigenvalue weighted by molar-refractivity contribution is 5.19. The topological polar surface area (TPSA) is 56.7 Å². The predicted molar refractivity (Wildman–Crippen MR) is 66.3 cm³/mol. The summed E-state index contributed by atoms with van der Waals surface area (Å²) in [5.41, 5.74) is 2.23. The number of fused-ring (bicyclic) bond motifs is 1. The van der Waals surface area contributed by atoms with Gasteiger partial charge in [0.15, 0.2) is 0 Å². The molecule has 0 radical (unpaired) electrons. The molecule has 1 aliphatic rings. The molecule has 1 aliphatic carbocycles. The van der Waals surface area contributed by atoms with E-state index < -0.39 is 12.2 Å². The van der Waals surface area contributed by atoms with Crippen LogP contribution >= 0.6 is 0 Å². The van der Waals surface area contributed by atoms with E-state index >= 15 is 0 Å². The molecule has 0 fully saturated rings. The molecule has 5 nitrogen and oxygen atoms in total. The van der Waals surface area contributed by atoms with Gasteiger partial charge in [-0.2, -0.15) is 4.98 Å². The van der Waals surface area contributed by atoms with E-state index in [0.29, 0.717) is 18.4 Å². The number of hydrogen-bond acceptors (Lipinski definition) is 4. The van der Waals surface area contributed by atoms with Gasteiger partial charge in [-0.15, -0.1) is 0 Å². The minimum absolute atomic E-state index is 0.187. The zero-order valence-corrected chi connectivity index (χ0v) is 11.4. The Morgan fingerprint density at radius 1 is 1.35 bits per heavy atom. The average Bonchev–Trinajstić information content (AvgIpc) is 3.00. The van der Waals surface area contributed by atoms with Gasteiger partial charge in [0.25, 0.3) is 0 Å². The van der Waals surface area contributed by atoms with Crippen LogP contribution in [0.4, 0.5) is 8.78 Å². The molecular weight excluding hydrogens is 266 g/mol. The van der Waals surface area contributed by atoms with Crippen LogP contribution in [0.25, 0.3) is 0 Å². The van der Waals surface area contributed by atoms with E-state index in [-0.39, 0.29) is 5.89 Å². The van der Waals surface area contributed by atoms with Crippen molar-refractivity contribution in [3.63, 3.8) is 0 Å². The lowest BCUT2D eigenvalue weighted by Crippen LogP contribution is -2.22. The van der Waals surface area contributed by atoms with E-state index in [4.69, 9.17) is 4.52 Å². The fourth-order valence-corrected chi connectivity index (χ4v) is 2.57. The van der Waals surface area contributed by atoms with Gasteiger partial charge in [0, 0.05) is 5.69 Å². The smallest absolute Gasteiger partial charge is 0.300 e. The minimum Gasteiger partial charge on any atom is -0.337 e. The van der Waals surface area contributed by atoms with Crippen molar-refractivity contribution in [3.8, 4) is 0 Å². The van der Waals surface area contributed by atoms with Gasteiger partial charge in [-0.3, -0.25) is 0 Å². The summed E-state index contributed by atoms with van der Waals surface area (Å²) in [5, 5.41) is 3.27. The van der Waals surface area contributed by atoms with Crippen LogP contribution in [0.3, 0.4) is 0 Å². The van der Waals surface area contributed by atoms with E-state index in [0.717, 1.165) is 24.2 Å². The van der Waals surface area contributed by atoms with Crippen molar-refractivity contribution in [1.82, 2.24) is 19.7 Å². The van der Waals surface area contributed by atoms with E-state index in [2.05, 4.69) is 29.0 Å². The second-order valence-corrected chi connectivity index (χ2v) is 5.48. The summed E-state index contributed by atoms with van der Waals surface area (Å²) in [6.07, 6.45) is 0.911. The standard InChI is InChI=1S/C13H16F2N4O/c1-7-3-9-10(4-8(7)2)19(6-16-9)5-11-17-13(12(14)15)18-20-11/h6-8,12H,3-5H2,1-2H3. The third-order valence-corrected chi connectivity index (χ3v) is 4.02. The summed E-state index contributed by atoms with van der Waals surface area (Å²) in [5.74, 6) is 0.819. The Morgan fingerprint density at radius 3 is 2.80 bits per heavy atom. The summed E-state index contributed by atoms with van der Waals surface area (Å²) in [6.45, 7) is 4.73. The Morgan fingerprint density at radius 2 is 2.10 bits per heavy atom. The monoisotopic (exact) mass is 282 g/mol. The van der Waals surface area contributed by atoms with Gasteiger partial charge >= 0.3 is 6.43 Å². The maximum Gasteiger partial charge on any atom is 0.300 e. The van der Waals surface area contributed by atoms with Gasteiger partial charge in [-0.1, -0.05) is 19.0 Å². The number of halogens is 2. The molecule has 0 bridgehead atoms. The highest BCUT2D eigenvalue weighted by atomic mass is 19.3. The molecule has 0 saturated carbocycles. The van der Waals surface area contributed by atoms with Gasteiger partial charge in [0.1, 0.15) is 6.54 Å². The highest BCUT2D eigenvalue weighted by Crippen LogP contribution is 2.29. The van der Waals surface area contributed by atoms with Crippen molar-refractivity contribution in [2.75, 3.05) is 0 Å². The molecule has 3 rings (SSSR count). The van der Waals surface area contributed by atoms with Crippen molar-refractivity contribution >= 4 is 0 Å². The third kappa shape index (κ3) is 2.32. The molecule has 0 amide bonds. The molecule has 20 heavy (non-hydrogen) atoms. The van der Waals surface area contributed by atoms with Gasteiger partial charge < -0.3 is 9.09 Å². The molecule has 2 aromatic rings. The van der Waals surface area contributed by atoms with Gasteiger partial charge in [0.05, 0.1) is 12.0 Å². The van der Waals surface area contributed by atoms with E-state index in [1.165, 1.54) is 0 Å². The second-order valence-electron chi connectivity index (χ2n) is 5.48.